The molecule has 0 radical (unpaired) electrons. The number of methoxy groups -OCH3 is 3. The molecule has 1 heterocycles. The number of hydrogen-bond donors (Lipinski definition) is 1. The predicted molar refractivity (Wildman–Crippen MR) is 120 cm³/mol. The summed E-state index contributed by atoms with van der Waals surface area (Å²) in [5.74, 6) is -0.738. The van der Waals surface area contributed by atoms with E-state index >= 15 is 0 Å². The molecule has 0 saturated heterocycles. The highest BCUT2D eigenvalue weighted by molar-refractivity contribution is 6.05. The van der Waals surface area contributed by atoms with E-state index in [2.05, 4.69) is 0 Å². The summed E-state index contributed by atoms with van der Waals surface area (Å²) in [6.07, 6.45) is 1.58. The highest BCUT2D eigenvalue weighted by atomic mass is 19.1. The number of anilines is 1. The molecule has 1 aliphatic heterocycles. The van der Waals surface area contributed by atoms with Crippen molar-refractivity contribution in [2.75, 3.05) is 26.2 Å². The van der Waals surface area contributed by atoms with Crippen LogP contribution in [0, 0.1) is 5.82 Å². The van der Waals surface area contributed by atoms with Crippen molar-refractivity contribution < 1.29 is 28.2 Å². The van der Waals surface area contributed by atoms with E-state index in [0.717, 1.165) is 0 Å². The lowest BCUT2D eigenvalue weighted by Crippen LogP contribution is -2.40. The van der Waals surface area contributed by atoms with E-state index < -0.39 is 17.7 Å². The number of nitrogens with zero attached hydrogens (tertiary/aromatic N) is 1. The summed E-state index contributed by atoms with van der Waals surface area (Å²) in [4.78, 5) is 27.9. The summed E-state index contributed by atoms with van der Waals surface area (Å²) in [6, 6.07) is 11.0. The normalized spacial score (nSPS) is 18.2. The van der Waals surface area contributed by atoms with Gasteiger partial charge in [0.1, 0.15) is 11.6 Å². The molecule has 4 rings (SSSR count). The molecule has 0 spiro atoms. The number of allylic oxidation sites excluding steroid dienone is 2. The zero-order valence-electron chi connectivity index (χ0n) is 18.7. The number of ketones is 1. The fraction of sp³-hybridized carbons (Fsp3) is 0.280. The third kappa shape index (κ3) is 3.82. The molecule has 2 aromatic rings. The summed E-state index contributed by atoms with van der Waals surface area (Å²) in [5, 5.41) is 0. The molecule has 8 heteroatoms. The quantitative estimate of drug-likeness (QED) is 0.690. The predicted octanol–water partition coefficient (Wildman–Crippen LogP) is 3.80. The van der Waals surface area contributed by atoms with Crippen LogP contribution in [0.15, 0.2) is 65.1 Å². The number of esters is 1. The van der Waals surface area contributed by atoms with E-state index in [1.807, 2.05) is 0 Å². The first-order valence-corrected chi connectivity index (χ1v) is 10.5. The number of nitrogens with two attached hydrogens (primary N) is 1. The monoisotopic (exact) mass is 452 g/mol. The zero-order chi connectivity index (χ0) is 23.7. The van der Waals surface area contributed by atoms with Gasteiger partial charge in [0.25, 0.3) is 0 Å². The van der Waals surface area contributed by atoms with Crippen molar-refractivity contribution in [1.82, 2.24) is 0 Å². The van der Waals surface area contributed by atoms with Crippen molar-refractivity contribution in [1.29, 1.82) is 0 Å². The summed E-state index contributed by atoms with van der Waals surface area (Å²) in [6.45, 7) is 0. The maximum absolute atomic E-state index is 13.6. The van der Waals surface area contributed by atoms with E-state index in [-0.39, 0.29) is 17.2 Å². The number of halogens is 1. The van der Waals surface area contributed by atoms with E-state index in [1.165, 1.54) is 33.5 Å². The maximum Gasteiger partial charge on any atom is 0.338 e. The molecule has 0 fully saturated rings. The van der Waals surface area contributed by atoms with Crippen LogP contribution in [-0.4, -0.2) is 33.1 Å². The minimum Gasteiger partial charge on any atom is -0.493 e. The Morgan fingerprint density at radius 3 is 2.36 bits per heavy atom. The van der Waals surface area contributed by atoms with Crippen LogP contribution in [0.4, 0.5) is 10.1 Å². The molecule has 0 saturated carbocycles. The number of rotatable bonds is 5. The lowest BCUT2D eigenvalue weighted by atomic mass is 9.75. The third-order valence-electron chi connectivity index (χ3n) is 6.02. The van der Waals surface area contributed by atoms with Gasteiger partial charge in [0.15, 0.2) is 17.3 Å². The molecule has 2 N–H and O–H groups in total. The minimum atomic E-state index is -0.739. The Labute approximate surface area is 191 Å². The summed E-state index contributed by atoms with van der Waals surface area (Å²) >= 11 is 0. The van der Waals surface area contributed by atoms with Gasteiger partial charge in [0, 0.05) is 23.4 Å². The van der Waals surface area contributed by atoms with E-state index in [1.54, 1.807) is 35.2 Å². The first-order chi connectivity index (χ1) is 15.9. The number of carbonyl (C=O) groups excluding carboxylic acids is 2. The summed E-state index contributed by atoms with van der Waals surface area (Å²) < 4.78 is 29.5. The molecule has 1 aliphatic carbocycles. The summed E-state index contributed by atoms with van der Waals surface area (Å²) in [5.41, 5.74) is 9.11. The Bertz CT molecular complexity index is 1170. The topological polar surface area (TPSA) is 91.1 Å². The van der Waals surface area contributed by atoms with Crippen molar-refractivity contribution in [2.24, 2.45) is 5.73 Å². The number of ether oxygens (including phenoxy) is 3. The van der Waals surface area contributed by atoms with Gasteiger partial charge in [-0.05, 0) is 54.8 Å². The van der Waals surface area contributed by atoms with Crippen LogP contribution in [0.25, 0.3) is 0 Å². The average Bonchev–Trinajstić information content (AvgIpc) is 2.83. The van der Waals surface area contributed by atoms with Crippen molar-refractivity contribution in [3.05, 3.63) is 76.5 Å². The zero-order valence-corrected chi connectivity index (χ0v) is 18.7. The maximum atomic E-state index is 13.6. The Balaban J connectivity index is 1.99. The standard InChI is InChI=1S/C25H25FN2O5/c1-31-19-12-7-14(13-20(19)32-2)21-22-17(5-4-6-18(22)29)28(16-10-8-15(26)9-11-16)24(27)23(21)25(30)33-3/h7-13,21H,4-6,27H2,1-3H3/t21-/m0/s1. The molecule has 1 atom stereocenters. The fourth-order valence-electron chi connectivity index (χ4n) is 4.55. The van der Waals surface area contributed by atoms with Gasteiger partial charge in [0.2, 0.25) is 0 Å². The number of carbonyl (C=O) groups is 2. The number of Topliss-reactive ketones (excluding diaryl/α,β-unsaturated/α-hetero) is 1. The third-order valence-corrected chi connectivity index (χ3v) is 6.02. The van der Waals surface area contributed by atoms with E-state index in [4.69, 9.17) is 19.9 Å². The largest absolute Gasteiger partial charge is 0.493 e. The Kier molecular flexibility index (Phi) is 6.09. The smallest absolute Gasteiger partial charge is 0.338 e. The van der Waals surface area contributed by atoms with Gasteiger partial charge in [-0.3, -0.25) is 9.69 Å². The van der Waals surface area contributed by atoms with Crippen molar-refractivity contribution >= 4 is 17.4 Å². The second-order valence-corrected chi connectivity index (χ2v) is 7.79. The molecular formula is C25H25FN2O5. The number of hydrogen-bond acceptors (Lipinski definition) is 7. The van der Waals surface area contributed by atoms with Crippen molar-refractivity contribution in [3.63, 3.8) is 0 Å². The second kappa shape index (κ2) is 8.97. The van der Waals surface area contributed by atoms with Gasteiger partial charge in [-0.2, -0.15) is 0 Å². The van der Waals surface area contributed by atoms with Crippen LogP contribution in [-0.2, 0) is 14.3 Å². The highest BCUT2D eigenvalue weighted by Gasteiger charge is 2.43. The molecule has 0 bridgehead atoms. The fourth-order valence-corrected chi connectivity index (χ4v) is 4.55. The molecule has 2 aromatic carbocycles. The van der Waals surface area contributed by atoms with Crippen LogP contribution in [0.1, 0.15) is 30.7 Å². The Morgan fingerprint density at radius 2 is 1.73 bits per heavy atom. The van der Waals surface area contributed by atoms with Crippen LogP contribution in [0.5, 0.6) is 11.5 Å². The van der Waals surface area contributed by atoms with Crippen LogP contribution >= 0.6 is 0 Å². The lowest BCUT2D eigenvalue weighted by molar-refractivity contribution is -0.136. The first-order valence-electron chi connectivity index (χ1n) is 10.5. The van der Waals surface area contributed by atoms with Gasteiger partial charge in [-0.25, -0.2) is 9.18 Å². The van der Waals surface area contributed by atoms with E-state index in [9.17, 15) is 14.0 Å². The highest BCUT2D eigenvalue weighted by Crippen LogP contribution is 2.47. The average molecular weight is 452 g/mol. The van der Waals surface area contributed by atoms with Gasteiger partial charge in [-0.1, -0.05) is 6.07 Å². The molecule has 2 aliphatic rings. The Hall–Kier alpha value is -3.81. The lowest BCUT2D eigenvalue weighted by Gasteiger charge is -2.40. The van der Waals surface area contributed by atoms with Gasteiger partial charge >= 0.3 is 5.97 Å². The molecule has 33 heavy (non-hydrogen) atoms. The van der Waals surface area contributed by atoms with Crippen molar-refractivity contribution in [3.8, 4) is 11.5 Å². The number of benzene rings is 2. The molecule has 7 nitrogen and oxygen atoms in total. The van der Waals surface area contributed by atoms with Crippen LogP contribution in [0.2, 0.25) is 0 Å². The first kappa shape index (κ1) is 22.4. The van der Waals surface area contributed by atoms with Crippen LogP contribution in [0.3, 0.4) is 0 Å². The van der Waals surface area contributed by atoms with Gasteiger partial charge in [-0.15, -0.1) is 0 Å². The summed E-state index contributed by atoms with van der Waals surface area (Å²) in [7, 11) is 4.31. The second-order valence-electron chi connectivity index (χ2n) is 7.79. The SMILES string of the molecule is COC(=O)C1=C(N)N(c2ccc(F)cc2)C2=C(C(=O)CCC2)[C@@H]1c1ccc(OC)c(OC)c1. The molecule has 0 aromatic heterocycles. The molecule has 172 valence electrons. The molecule has 0 amide bonds. The van der Waals surface area contributed by atoms with Gasteiger partial charge in [0.05, 0.1) is 32.8 Å². The van der Waals surface area contributed by atoms with E-state index in [0.29, 0.717) is 53.3 Å². The Morgan fingerprint density at radius 1 is 1.03 bits per heavy atom. The van der Waals surface area contributed by atoms with Crippen LogP contribution < -0.4 is 20.1 Å². The minimum absolute atomic E-state index is 0.0722. The van der Waals surface area contributed by atoms with Gasteiger partial charge < -0.3 is 19.9 Å². The molecular weight excluding hydrogens is 427 g/mol. The van der Waals surface area contributed by atoms with Crippen molar-refractivity contribution in [2.45, 2.75) is 25.2 Å². The molecule has 0 unspecified atom stereocenters.